The largest absolute Gasteiger partial charge is 0.497 e. The summed E-state index contributed by atoms with van der Waals surface area (Å²) < 4.78 is 16.5. The number of hydrogen-bond acceptors (Lipinski definition) is 4. The third-order valence-electron chi connectivity index (χ3n) is 4.63. The molecule has 2 atom stereocenters. The maximum absolute atomic E-state index is 13.3. The molecule has 30 heavy (non-hydrogen) atoms. The van der Waals surface area contributed by atoms with Crippen LogP contribution in [0.25, 0.3) is 0 Å². The number of benzene rings is 3. The van der Waals surface area contributed by atoms with E-state index in [-0.39, 0.29) is 10.6 Å². The molecule has 0 aliphatic rings. The van der Waals surface area contributed by atoms with Crippen LogP contribution in [-0.4, -0.2) is 24.8 Å². The summed E-state index contributed by atoms with van der Waals surface area (Å²) in [4.78, 5) is 12.6. The number of rotatable bonds is 9. The molecule has 0 spiro atoms. The van der Waals surface area contributed by atoms with Crippen molar-refractivity contribution in [1.82, 2.24) is 0 Å². The van der Waals surface area contributed by atoms with Gasteiger partial charge in [-0.05, 0) is 35.4 Å². The van der Waals surface area contributed by atoms with Gasteiger partial charge in [-0.1, -0.05) is 74.3 Å². The van der Waals surface area contributed by atoms with Gasteiger partial charge in [-0.3, -0.25) is 4.79 Å². The van der Waals surface area contributed by atoms with E-state index in [9.17, 15) is 4.79 Å². The fourth-order valence-corrected chi connectivity index (χ4v) is 4.02. The first-order chi connectivity index (χ1) is 14.5. The van der Waals surface area contributed by atoms with Crippen molar-refractivity contribution in [2.24, 2.45) is 0 Å². The standard InChI is InChI=1S/C24H22Br2O4/c1-28-18-10-8-17(9-11-18)22(25)23(26)24(27)20-13-12-19(29-2)14-21(20)30-15-16-6-4-3-5-7-16/h3-14,22-23H,15H2,1-2H3. The van der Waals surface area contributed by atoms with E-state index in [4.69, 9.17) is 14.2 Å². The van der Waals surface area contributed by atoms with Gasteiger partial charge < -0.3 is 14.2 Å². The highest BCUT2D eigenvalue weighted by molar-refractivity contribution is 9.12. The van der Waals surface area contributed by atoms with Crippen LogP contribution < -0.4 is 14.2 Å². The van der Waals surface area contributed by atoms with Crippen LogP contribution in [0.4, 0.5) is 0 Å². The lowest BCUT2D eigenvalue weighted by Gasteiger charge is -2.19. The van der Waals surface area contributed by atoms with Crippen molar-refractivity contribution in [3.8, 4) is 17.2 Å². The molecule has 6 heteroatoms. The highest BCUT2D eigenvalue weighted by Crippen LogP contribution is 2.36. The Morgan fingerprint density at radius 3 is 2.13 bits per heavy atom. The minimum absolute atomic E-state index is 0.0848. The number of carbonyl (C=O) groups is 1. The first kappa shape index (κ1) is 22.4. The molecule has 2 unspecified atom stereocenters. The number of alkyl halides is 2. The molecule has 0 aliphatic heterocycles. The van der Waals surface area contributed by atoms with Crippen molar-refractivity contribution in [1.29, 1.82) is 0 Å². The summed E-state index contributed by atoms with van der Waals surface area (Å²) in [5.74, 6) is 1.80. The second-order valence-electron chi connectivity index (χ2n) is 6.58. The smallest absolute Gasteiger partial charge is 0.181 e. The van der Waals surface area contributed by atoms with Gasteiger partial charge in [-0.25, -0.2) is 0 Å². The minimum atomic E-state index is -0.488. The quantitative estimate of drug-likeness (QED) is 0.237. The fraction of sp³-hybridized carbons (Fsp3) is 0.208. The molecule has 4 nitrogen and oxygen atoms in total. The van der Waals surface area contributed by atoms with E-state index >= 15 is 0 Å². The zero-order chi connectivity index (χ0) is 21.5. The molecule has 0 saturated carbocycles. The van der Waals surface area contributed by atoms with Crippen LogP contribution in [0.1, 0.15) is 26.3 Å². The molecule has 3 aromatic carbocycles. The Labute approximate surface area is 193 Å². The van der Waals surface area contributed by atoms with E-state index in [0.29, 0.717) is 23.7 Å². The first-order valence-electron chi connectivity index (χ1n) is 9.34. The lowest BCUT2D eigenvalue weighted by molar-refractivity contribution is 0.0986. The monoisotopic (exact) mass is 532 g/mol. The van der Waals surface area contributed by atoms with Crippen LogP contribution in [0, 0.1) is 0 Å². The topological polar surface area (TPSA) is 44.8 Å². The van der Waals surface area contributed by atoms with Gasteiger partial charge in [-0.2, -0.15) is 0 Å². The third kappa shape index (κ3) is 5.43. The summed E-state index contributed by atoms with van der Waals surface area (Å²) in [6.07, 6.45) is 0. The van der Waals surface area contributed by atoms with Gasteiger partial charge in [-0.15, -0.1) is 0 Å². The molecule has 0 fully saturated rings. The van der Waals surface area contributed by atoms with Gasteiger partial charge in [0.2, 0.25) is 0 Å². The number of ketones is 1. The summed E-state index contributed by atoms with van der Waals surface area (Å²) in [5, 5.41) is 0. The van der Waals surface area contributed by atoms with Crippen LogP contribution in [0.3, 0.4) is 0 Å². The Morgan fingerprint density at radius 2 is 1.50 bits per heavy atom. The van der Waals surface area contributed by atoms with Gasteiger partial charge in [0.1, 0.15) is 23.9 Å². The van der Waals surface area contributed by atoms with Crippen molar-refractivity contribution in [2.75, 3.05) is 14.2 Å². The Kier molecular flexibility index (Phi) is 7.94. The maximum atomic E-state index is 13.3. The van der Waals surface area contributed by atoms with Crippen LogP contribution in [0.2, 0.25) is 0 Å². The Hall–Kier alpha value is -2.31. The number of hydrogen-bond donors (Lipinski definition) is 0. The summed E-state index contributed by atoms with van der Waals surface area (Å²) in [6.45, 7) is 0.359. The van der Waals surface area contributed by atoms with Gasteiger partial charge in [0.25, 0.3) is 0 Å². The second-order valence-corrected chi connectivity index (χ2v) is 8.55. The van der Waals surface area contributed by atoms with Crippen molar-refractivity contribution < 1.29 is 19.0 Å². The SMILES string of the molecule is COc1ccc(C(Br)C(Br)C(=O)c2ccc(OC)cc2OCc2ccccc2)cc1. The lowest BCUT2D eigenvalue weighted by Crippen LogP contribution is -2.20. The zero-order valence-electron chi connectivity index (χ0n) is 16.7. The van der Waals surface area contributed by atoms with Crippen LogP contribution in [0.5, 0.6) is 17.2 Å². The maximum Gasteiger partial charge on any atom is 0.181 e. The molecule has 0 bridgehead atoms. The molecular formula is C24H22Br2O4. The number of halogens is 2. The van der Waals surface area contributed by atoms with Crippen molar-refractivity contribution in [3.63, 3.8) is 0 Å². The Bertz CT molecular complexity index is 974. The van der Waals surface area contributed by atoms with E-state index in [1.165, 1.54) is 0 Å². The van der Waals surface area contributed by atoms with E-state index in [2.05, 4.69) is 31.9 Å². The van der Waals surface area contributed by atoms with Crippen molar-refractivity contribution in [2.45, 2.75) is 16.3 Å². The average molecular weight is 534 g/mol. The highest BCUT2D eigenvalue weighted by Gasteiger charge is 2.28. The minimum Gasteiger partial charge on any atom is -0.497 e. The number of carbonyl (C=O) groups excluding carboxylic acids is 1. The molecule has 0 aliphatic carbocycles. The number of methoxy groups -OCH3 is 2. The summed E-state index contributed by atoms with van der Waals surface area (Å²) in [6, 6.07) is 22.7. The normalized spacial score (nSPS) is 12.7. The second kappa shape index (κ2) is 10.6. The number of ether oxygens (including phenoxy) is 3. The molecule has 0 aromatic heterocycles. The van der Waals surface area contributed by atoms with Crippen LogP contribution in [0.15, 0.2) is 72.8 Å². The van der Waals surface area contributed by atoms with Gasteiger partial charge in [0, 0.05) is 6.07 Å². The van der Waals surface area contributed by atoms with E-state index in [1.54, 1.807) is 32.4 Å². The lowest BCUT2D eigenvalue weighted by atomic mass is 10.0. The Balaban J connectivity index is 1.82. The van der Waals surface area contributed by atoms with Crippen LogP contribution in [-0.2, 0) is 6.61 Å². The molecule has 0 saturated heterocycles. The summed E-state index contributed by atoms with van der Waals surface area (Å²) in [5.41, 5.74) is 2.48. The molecule has 0 amide bonds. The van der Waals surface area contributed by atoms with E-state index in [1.807, 2.05) is 54.6 Å². The predicted molar refractivity (Wildman–Crippen MR) is 125 cm³/mol. The predicted octanol–water partition coefficient (Wildman–Crippen LogP) is 6.37. The zero-order valence-corrected chi connectivity index (χ0v) is 19.9. The Morgan fingerprint density at radius 1 is 0.867 bits per heavy atom. The van der Waals surface area contributed by atoms with Crippen molar-refractivity contribution in [3.05, 3.63) is 89.5 Å². The van der Waals surface area contributed by atoms with Gasteiger partial charge in [0.05, 0.1) is 29.4 Å². The van der Waals surface area contributed by atoms with E-state index in [0.717, 1.165) is 16.9 Å². The highest BCUT2D eigenvalue weighted by atomic mass is 79.9. The summed E-state index contributed by atoms with van der Waals surface area (Å²) >= 11 is 7.22. The third-order valence-corrected chi connectivity index (χ3v) is 7.34. The summed E-state index contributed by atoms with van der Waals surface area (Å²) in [7, 11) is 3.21. The fourth-order valence-electron chi connectivity index (χ4n) is 2.93. The molecule has 156 valence electrons. The van der Waals surface area contributed by atoms with Gasteiger partial charge in [0.15, 0.2) is 5.78 Å². The molecule has 3 rings (SSSR count). The molecular weight excluding hydrogens is 512 g/mol. The molecule has 3 aromatic rings. The molecule has 0 heterocycles. The molecule has 0 N–H and O–H groups in total. The average Bonchev–Trinajstić information content (AvgIpc) is 2.81. The van der Waals surface area contributed by atoms with E-state index < -0.39 is 4.83 Å². The number of Topliss-reactive ketones (excluding diaryl/α,β-unsaturated/α-hetero) is 1. The van der Waals surface area contributed by atoms with Crippen LogP contribution >= 0.6 is 31.9 Å². The molecule has 0 radical (unpaired) electrons. The van der Waals surface area contributed by atoms with Crippen molar-refractivity contribution >= 4 is 37.6 Å². The van der Waals surface area contributed by atoms with Gasteiger partial charge >= 0.3 is 0 Å². The first-order valence-corrected chi connectivity index (χ1v) is 11.2.